The lowest BCUT2D eigenvalue weighted by Gasteiger charge is -2.09. The molecule has 2 rings (SSSR count). The third-order valence-electron chi connectivity index (χ3n) is 2.84. The number of carbonyl (C=O) groups excluding carboxylic acids is 2. The smallest absolute Gasteiger partial charge is 0.309 e. The zero-order chi connectivity index (χ0) is 15.1. The van der Waals surface area contributed by atoms with Crippen LogP contribution in [-0.2, 0) is 16.1 Å². The van der Waals surface area contributed by atoms with Gasteiger partial charge in [0, 0.05) is 11.4 Å². The first kappa shape index (κ1) is 15.7. The molecule has 112 valence electrons. The first-order chi connectivity index (χ1) is 10.2. The molecule has 21 heavy (non-hydrogen) atoms. The maximum atomic E-state index is 11.6. The quantitative estimate of drug-likeness (QED) is 0.707. The fourth-order valence-corrected chi connectivity index (χ4v) is 3.05. The third kappa shape index (κ3) is 4.96. The van der Waals surface area contributed by atoms with Gasteiger partial charge in [0.1, 0.15) is 0 Å². The van der Waals surface area contributed by atoms with Gasteiger partial charge in [0.15, 0.2) is 0 Å². The van der Waals surface area contributed by atoms with E-state index in [1.54, 1.807) is 0 Å². The van der Waals surface area contributed by atoms with Crippen LogP contribution in [0.4, 0.5) is 0 Å². The first-order valence-electron chi connectivity index (χ1n) is 6.45. The Morgan fingerprint density at radius 2 is 2.00 bits per heavy atom. The predicted octanol–water partition coefficient (Wildman–Crippen LogP) is 1.67. The van der Waals surface area contributed by atoms with Crippen LogP contribution in [0, 0.1) is 0 Å². The van der Waals surface area contributed by atoms with Crippen LogP contribution in [0.5, 0.6) is 0 Å². The van der Waals surface area contributed by atoms with Gasteiger partial charge in [0.25, 0.3) is 0 Å². The monoisotopic (exact) mass is 324 g/mol. The number of thiophene rings is 2. The lowest BCUT2D eigenvalue weighted by molar-refractivity contribution is -0.139. The minimum atomic E-state index is -0.677. The minimum absolute atomic E-state index is 0.252. The molecule has 2 aromatic rings. The summed E-state index contributed by atoms with van der Waals surface area (Å²) in [5.41, 5.74) is 0.830. The van der Waals surface area contributed by atoms with Gasteiger partial charge in [-0.3, -0.25) is 9.59 Å². The second-order valence-electron chi connectivity index (χ2n) is 4.38. The van der Waals surface area contributed by atoms with Crippen LogP contribution < -0.4 is 10.6 Å². The fraction of sp³-hybridized carbons (Fsp3) is 0.286. The molecule has 7 heteroatoms. The summed E-state index contributed by atoms with van der Waals surface area (Å²) in [7, 11) is 0. The number of aliphatic hydroxyl groups is 1. The highest BCUT2D eigenvalue weighted by atomic mass is 32.1. The lowest BCUT2D eigenvalue weighted by atomic mass is 10.1. The van der Waals surface area contributed by atoms with Crippen molar-refractivity contribution in [3.05, 3.63) is 44.8 Å². The standard InChI is InChI=1S/C14H16N2O3S2/c17-12(10-4-7-20-9-10)3-5-15-13(18)14(19)16-8-11-2-1-6-21-11/h1-2,4,6-7,9,12,17H,3,5,8H2,(H,15,18)(H,16,19)/t12-/m1/s1. The number of rotatable bonds is 6. The molecule has 0 aliphatic carbocycles. The Hall–Kier alpha value is -1.70. The highest BCUT2D eigenvalue weighted by Crippen LogP contribution is 2.18. The van der Waals surface area contributed by atoms with Gasteiger partial charge < -0.3 is 15.7 Å². The van der Waals surface area contributed by atoms with E-state index in [-0.39, 0.29) is 6.54 Å². The van der Waals surface area contributed by atoms with E-state index < -0.39 is 17.9 Å². The van der Waals surface area contributed by atoms with Crippen LogP contribution in [0.3, 0.4) is 0 Å². The zero-order valence-corrected chi connectivity index (χ0v) is 12.9. The van der Waals surface area contributed by atoms with Crippen LogP contribution >= 0.6 is 22.7 Å². The highest BCUT2D eigenvalue weighted by molar-refractivity contribution is 7.09. The van der Waals surface area contributed by atoms with Gasteiger partial charge in [0.2, 0.25) is 0 Å². The van der Waals surface area contributed by atoms with Crippen LogP contribution in [0.1, 0.15) is 23.0 Å². The highest BCUT2D eigenvalue weighted by Gasteiger charge is 2.14. The third-order valence-corrected chi connectivity index (χ3v) is 4.42. The summed E-state index contributed by atoms with van der Waals surface area (Å²) < 4.78 is 0. The molecule has 1 atom stereocenters. The van der Waals surface area contributed by atoms with Gasteiger partial charge in [-0.1, -0.05) is 6.07 Å². The van der Waals surface area contributed by atoms with Crippen molar-refractivity contribution in [2.45, 2.75) is 19.1 Å². The second-order valence-corrected chi connectivity index (χ2v) is 6.19. The summed E-state index contributed by atoms with van der Waals surface area (Å²) in [6, 6.07) is 5.61. The number of hydrogen-bond acceptors (Lipinski definition) is 5. The van der Waals surface area contributed by atoms with Gasteiger partial charge >= 0.3 is 11.8 Å². The van der Waals surface area contributed by atoms with Gasteiger partial charge in [-0.05, 0) is 40.3 Å². The van der Waals surface area contributed by atoms with E-state index in [4.69, 9.17) is 0 Å². The van der Waals surface area contributed by atoms with Gasteiger partial charge in [0.05, 0.1) is 12.6 Å². The van der Waals surface area contributed by atoms with E-state index >= 15 is 0 Å². The van der Waals surface area contributed by atoms with Gasteiger partial charge in [-0.25, -0.2) is 0 Å². The zero-order valence-electron chi connectivity index (χ0n) is 11.2. The van der Waals surface area contributed by atoms with E-state index in [2.05, 4.69) is 10.6 Å². The number of nitrogens with one attached hydrogen (secondary N) is 2. The summed E-state index contributed by atoms with van der Waals surface area (Å²) in [5.74, 6) is -1.34. The molecule has 0 aliphatic rings. The van der Waals surface area contributed by atoms with Crippen molar-refractivity contribution >= 4 is 34.5 Å². The van der Waals surface area contributed by atoms with E-state index in [0.29, 0.717) is 13.0 Å². The summed E-state index contributed by atoms with van der Waals surface area (Å²) in [4.78, 5) is 24.1. The molecule has 0 saturated carbocycles. The molecular formula is C14H16N2O3S2. The molecular weight excluding hydrogens is 308 g/mol. The normalized spacial score (nSPS) is 11.9. The first-order valence-corrected chi connectivity index (χ1v) is 8.27. The Bertz CT molecular complexity index is 567. The van der Waals surface area contributed by atoms with E-state index in [0.717, 1.165) is 10.4 Å². The maximum Gasteiger partial charge on any atom is 0.309 e. The van der Waals surface area contributed by atoms with Gasteiger partial charge in [-0.15, -0.1) is 11.3 Å². The average molecular weight is 324 g/mol. The molecule has 3 N–H and O–H groups in total. The van der Waals surface area contributed by atoms with Crippen LogP contribution in [0.25, 0.3) is 0 Å². The summed E-state index contributed by atoms with van der Waals surface area (Å²) in [6.45, 7) is 0.601. The molecule has 5 nitrogen and oxygen atoms in total. The Morgan fingerprint density at radius 1 is 1.19 bits per heavy atom. The molecule has 0 unspecified atom stereocenters. The Kier molecular flexibility index (Phi) is 5.91. The van der Waals surface area contributed by atoms with E-state index in [1.807, 2.05) is 34.3 Å². The number of aliphatic hydroxyl groups excluding tert-OH is 1. The molecule has 2 amide bonds. The van der Waals surface area contributed by atoms with Crippen molar-refractivity contribution in [2.24, 2.45) is 0 Å². The Balaban J connectivity index is 1.65. The fourth-order valence-electron chi connectivity index (χ4n) is 1.69. The lowest BCUT2D eigenvalue weighted by Crippen LogP contribution is -2.40. The number of amides is 2. The van der Waals surface area contributed by atoms with Crippen molar-refractivity contribution in [3.63, 3.8) is 0 Å². The van der Waals surface area contributed by atoms with Crippen molar-refractivity contribution in [2.75, 3.05) is 6.54 Å². The molecule has 0 aliphatic heterocycles. The Morgan fingerprint density at radius 3 is 2.67 bits per heavy atom. The number of hydrogen-bond donors (Lipinski definition) is 3. The molecule has 2 heterocycles. The molecule has 0 saturated heterocycles. The van der Waals surface area contributed by atoms with E-state index in [9.17, 15) is 14.7 Å². The molecule has 0 bridgehead atoms. The van der Waals surface area contributed by atoms with Crippen molar-refractivity contribution in [3.8, 4) is 0 Å². The topological polar surface area (TPSA) is 78.4 Å². The molecule has 0 radical (unpaired) electrons. The summed E-state index contributed by atoms with van der Waals surface area (Å²) in [6.07, 6.45) is -0.244. The van der Waals surface area contributed by atoms with Crippen molar-refractivity contribution < 1.29 is 14.7 Å². The van der Waals surface area contributed by atoms with Crippen molar-refractivity contribution in [1.29, 1.82) is 0 Å². The van der Waals surface area contributed by atoms with Crippen LogP contribution in [-0.4, -0.2) is 23.5 Å². The SMILES string of the molecule is O=C(NCC[C@@H](O)c1ccsc1)C(=O)NCc1cccs1. The predicted molar refractivity (Wildman–Crippen MR) is 83.1 cm³/mol. The second kappa shape index (κ2) is 7.92. The van der Waals surface area contributed by atoms with Crippen LogP contribution in [0.15, 0.2) is 34.3 Å². The molecule has 0 aromatic carbocycles. The number of carbonyl (C=O) groups is 2. The van der Waals surface area contributed by atoms with Gasteiger partial charge in [-0.2, -0.15) is 11.3 Å². The summed E-state index contributed by atoms with van der Waals surface area (Å²) >= 11 is 3.03. The Labute approximate surface area is 130 Å². The van der Waals surface area contributed by atoms with E-state index in [1.165, 1.54) is 22.7 Å². The minimum Gasteiger partial charge on any atom is -0.388 e. The molecule has 2 aromatic heterocycles. The molecule has 0 spiro atoms. The molecule has 0 fully saturated rings. The van der Waals surface area contributed by atoms with Crippen molar-refractivity contribution in [1.82, 2.24) is 10.6 Å². The summed E-state index contributed by atoms with van der Waals surface area (Å²) in [5, 5.41) is 20.6. The maximum absolute atomic E-state index is 11.6. The van der Waals surface area contributed by atoms with Crippen LogP contribution in [0.2, 0.25) is 0 Å². The largest absolute Gasteiger partial charge is 0.388 e. The average Bonchev–Trinajstić information content (AvgIpc) is 3.17.